The molecule has 2 N–H and O–H groups in total. The van der Waals surface area contributed by atoms with Gasteiger partial charge in [0.25, 0.3) is 21.5 Å². The van der Waals surface area contributed by atoms with Crippen molar-refractivity contribution in [3.63, 3.8) is 0 Å². The largest absolute Gasteiger partial charge is 0.376 e. The van der Waals surface area contributed by atoms with Gasteiger partial charge in [0.2, 0.25) is 0 Å². The van der Waals surface area contributed by atoms with Crippen molar-refractivity contribution >= 4 is 15.8 Å². The number of alkyl halides is 2. The monoisotopic (exact) mass is 271 g/mol. The van der Waals surface area contributed by atoms with Crippen LogP contribution >= 0.6 is 0 Å². The third-order valence-electron chi connectivity index (χ3n) is 1.65. The molecule has 0 atom stereocenters. The number of pyridine rings is 1. The lowest BCUT2D eigenvalue weighted by Gasteiger charge is -2.03. The number of hydrogen-bond donors (Lipinski definition) is 1. The normalized spacial score (nSPS) is 11.8. The highest BCUT2D eigenvalue weighted by atomic mass is 32.2. The van der Waals surface area contributed by atoms with Gasteiger partial charge in [-0.1, -0.05) is 0 Å². The molecular weight excluding hydrogens is 267 g/mol. The molecule has 0 saturated carbocycles. The molecule has 17 heavy (non-hydrogen) atoms. The van der Waals surface area contributed by atoms with Crippen molar-refractivity contribution in [1.82, 2.24) is 4.98 Å². The number of nitrogens with two attached hydrogens (primary N) is 1. The van der Waals surface area contributed by atoms with Crippen LogP contribution in [-0.2, 0) is 10.0 Å². The van der Waals surface area contributed by atoms with Crippen LogP contribution in [0.25, 0.3) is 0 Å². The Morgan fingerprint density at radius 1 is 1.47 bits per heavy atom. The lowest BCUT2D eigenvalue weighted by Crippen LogP contribution is -2.16. The van der Waals surface area contributed by atoms with Crippen molar-refractivity contribution in [2.45, 2.75) is 11.5 Å². The number of hydrogen-bond acceptors (Lipinski definition) is 5. The summed E-state index contributed by atoms with van der Waals surface area (Å²) in [6.45, 7) is 0. The SMILES string of the molecule is NS(=O)(=O)c1cc(F)c(C(F)F)c([N+](=O)[O-])n1. The van der Waals surface area contributed by atoms with Gasteiger partial charge >= 0.3 is 5.82 Å². The minimum absolute atomic E-state index is 0.101. The summed E-state index contributed by atoms with van der Waals surface area (Å²) in [5.74, 6) is -3.34. The summed E-state index contributed by atoms with van der Waals surface area (Å²) < 4.78 is 59.3. The van der Waals surface area contributed by atoms with Crippen LogP contribution in [0.4, 0.5) is 19.0 Å². The van der Waals surface area contributed by atoms with Crippen molar-refractivity contribution in [3.8, 4) is 0 Å². The van der Waals surface area contributed by atoms with Gasteiger partial charge in [-0.05, 0) is 9.91 Å². The molecule has 0 spiro atoms. The number of nitro groups is 1. The zero-order chi connectivity index (χ0) is 13.4. The first-order chi connectivity index (χ1) is 7.64. The first-order valence-electron chi connectivity index (χ1n) is 3.80. The molecule has 11 heteroatoms. The molecule has 1 aromatic rings. The van der Waals surface area contributed by atoms with E-state index in [0.717, 1.165) is 0 Å². The van der Waals surface area contributed by atoms with Crippen molar-refractivity contribution in [3.05, 3.63) is 27.6 Å². The second kappa shape index (κ2) is 4.25. The van der Waals surface area contributed by atoms with E-state index in [-0.39, 0.29) is 6.07 Å². The average molecular weight is 271 g/mol. The quantitative estimate of drug-likeness (QED) is 0.642. The van der Waals surface area contributed by atoms with Gasteiger partial charge in [0.15, 0.2) is 5.56 Å². The number of aromatic nitrogens is 1. The summed E-state index contributed by atoms with van der Waals surface area (Å²) in [5.41, 5.74) is -1.58. The molecule has 0 fully saturated rings. The predicted octanol–water partition coefficient (Wildman–Crippen LogP) is 0.714. The van der Waals surface area contributed by atoms with E-state index in [1.165, 1.54) is 0 Å². The third kappa shape index (κ3) is 2.68. The number of primary sulfonamides is 1. The highest BCUT2D eigenvalue weighted by Gasteiger charge is 2.32. The van der Waals surface area contributed by atoms with Crippen LogP contribution in [0.5, 0.6) is 0 Å². The maximum absolute atomic E-state index is 13.1. The summed E-state index contributed by atoms with van der Waals surface area (Å²) in [6, 6.07) is 0.101. The Kier molecular flexibility index (Phi) is 3.33. The molecule has 0 amide bonds. The maximum Gasteiger partial charge on any atom is 0.376 e. The van der Waals surface area contributed by atoms with Crippen LogP contribution < -0.4 is 5.14 Å². The molecule has 1 aromatic heterocycles. The van der Waals surface area contributed by atoms with Crippen LogP contribution in [0.15, 0.2) is 11.1 Å². The van der Waals surface area contributed by atoms with Crippen molar-refractivity contribution in [2.75, 3.05) is 0 Å². The van der Waals surface area contributed by atoms with Crippen molar-refractivity contribution in [1.29, 1.82) is 0 Å². The van der Waals surface area contributed by atoms with E-state index in [9.17, 15) is 31.7 Å². The number of nitrogens with zero attached hydrogens (tertiary/aromatic N) is 2. The van der Waals surface area contributed by atoms with Gasteiger partial charge in [0, 0.05) is 6.07 Å². The molecule has 0 saturated heterocycles. The van der Waals surface area contributed by atoms with Gasteiger partial charge in [-0.2, -0.15) is 0 Å². The van der Waals surface area contributed by atoms with Crippen LogP contribution in [0.1, 0.15) is 12.0 Å². The topological polar surface area (TPSA) is 116 Å². The Bertz CT molecular complexity index is 574. The van der Waals surface area contributed by atoms with Crippen molar-refractivity contribution in [2.24, 2.45) is 5.14 Å². The van der Waals surface area contributed by atoms with E-state index < -0.39 is 43.6 Å². The van der Waals surface area contributed by atoms with E-state index >= 15 is 0 Å². The summed E-state index contributed by atoms with van der Waals surface area (Å²) in [5, 5.41) is 13.7. The summed E-state index contributed by atoms with van der Waals surface area (Å²) in [4.78, 5) is 11.7. The molecule has 7 nitrogen and oxygen atoms in total. The fraction of sp³-hybridized carbons (Fsp3) is 0.167. The molecule has 0 aliphatic heterocycles. The van der Waals surface area contributed by atoms with Crippen molar-refractivity contribution < 1.29 is 26.5 Å². The fourth-order valence-corrected chi connectivity index (χ4v) is 1.46. The average Bonchev–Trinajstić information content (AvgIpc) is 2.13. The molecule has 0 aliphatic rings. The van der Waals surface area contributed by atoms with Gasteiger partial charge < -0.3 is 10.1 Å². The van der Waals surface area contributed by atoms with Gasteiger partial charge in [-0.3, -0.25) is 0 Å². The molecule has 1 rings (SSSR count). The van der Waals surface area contributed by atoms with Crippen LogP contribution in [-0.4, -0.2) is 18.3 Å². The Morgan fingerprint density at radius 2 is 2.00 bits per heavy atom. The Labute approximate surface area is 92.3 Å². The summed E-state index contributed by atoms with van der Waals surface area (Å²) in [7, 11) is -4.52. The predicted molar refractivity (Wildman–Crippen MR) is 47.2 cm³/mol. The molecule has 0 bridgehead atoms. The molecule has 1 heterocycles. The number of rotatable bonds is 3. The van der Waals surface area contributed by atoms with Gasteiger partial charge in [-0.25, -0.2) is 26.7 Å². The highest BCUT2D eigenvalue weighted by molar-refractivity contribution is 7.89. The first kappa shape index (κ1) is 13.3. The van der Waals surface area contributed by atoms with Crippen LogP contribution in [0.2, 0.25) is 0 Å². The highest BCUT2D eigenvalue weighted by Crippen LogP contribution is 2.30. The third-order valence-corrected chi connectivity index (χ3v) is 2.44. The minimum atomic E-state index is -4.52. The maximum atomic E-state index is 13.1. The Hall–Kier alpha value is -1.75. The summed E-state index contributed by atoms with van der Waals surface area (Å²) in [6.07, 6.45) is -3.50. The number of halogens is 3. The minimum Gasteiger partial charge on any atom is -0.358 e. The van der Waals surface area contributed by atoms with E-state index in [0.29, 0.717) is 0 Å². The number of sulfonamides is 1. The van der Waals surface area contributed by atoms with E-state index in [2.05, 4.69) is 10.1 Å². The fourth-order valence-electron chi connectivity index (χ4n) is 0.977. The molecule has 0 aliphatic carbocycles. The van der Waals surface area contributed by atoms with E-state index in [1.54, 1.807) is 0 Å². The van der Waals surface area contributed by atoms with Gasteiger partial charge in [0.05, 0.1) is 0 Å². The van der Waals surface area contributed by atoms with Gasteiger partial charge in [0.1, 0.15) is 5.82 Å². The Morgan fingerprint density at radius 3 is 2.35 bits per heavy atom. The standard InChI is InChI=1S/C6H4F3N3O4S/c7-2-1-3(17(10,15)16)11-6(12(13)14)4(2)5(8)9/h1,5H,(H2,10,15,16). The van der Waals surface area contributed by atoms with Crippen LogP contribution in [0, 0.1) is 15.9 Å². The second-order valence-corrected chi connectivity index (χ2v) is 4.29. The zero-order valence-corrected chi connectivity index (χ0v) is 8.62. The van der Waals surface area contributed by atoms with E-state index in [1.807, 2.05) is 0 Å². The first-order valence-corrected chi connectivity index (χ1v) is 5.35. The Balaban J connectivity index is 3.64. The molecule has 0 unspecified atom stereocenters. The zero-order valence-electron chi connectivity index (χ0n) is 7.80. The lowest BCUT2D eigenvalue weighted by atomic mass is 10.2. The van der Waals surface area contributed by atoms with E-state index in [4.69, 9.17) is 0 Å². The molecule has 0 radical (unpaired) electrons. The van der Waals surface area contributed by atoms with Gasteiger partial charge in [-0.15, -0.1) is 0 Å². The smallest absolute Gasteiger partial charge is 0.358 e. The molecule has 0 aromatic carbocycles. The summed E-state index contributed by atoms with van der Waals surface area (Å²) >= 11 is 0. The molecular formula is C6H4F3N3O4S. The molecule has 94 valence electrons. The lowest BCUT2D eigenvalue weighted by molar-refractivity contribution is -0.391. The second-order valence-electron chi connectivity index (χ2n) is 2.78. The van der Waals surface area contributed by atoms with Crippen LogP contribution in [0.3, 0.4) is 0 Å².